The average molecular weight is 1290 g/mol. The smallest absolute Gasteiger partial charge is 0.345 e. The molecule has 11 heteroatoms. The lowest BCUT2D eigenvalue weighted by molar-refractivity contribution is -0.145. The predicted octanol–water partition coefficient (Wildman–Crippen LogP) is 19.2. The Bertz CT molecular complexity index is 4160. The topological polar surface area (TPSA) is 119 Å². The van der Waals surface area contributed by atoms with Gasteiger partial charge in [-0.2, -0.15) is 0 Å². The molecule has 0 radical (unpaired) electrons. The SMILES string of the molecule is O=C(O)[C@H](Cc1ccccc1)Oc1c(Br)cc(-c2ccc(-c3c(Cc4ccccc4)oc4ccccc34)cc2)cc1Br.O=C(O)[C@H](Cc1ccccc1)Oc1ccc(-c2ccc(-c3c(Cc4ccccc4)oc4ccccc34)cc2)cc1Br. The predicted molar refractivity (Wildman–Crippen MR) is 340 cm³/mol. The number of fused-ring (bicyclic) bond motifs is 2. The maximum atomic E-state index is 12.0. The highest BCUT2D eigenvalue weighted by Gasteiger charge is 2.25. The molecule has 0 saturated carbocycles. The molecule has 0 aliphatic carbocycles. The van der Waals surface area contributed by atoms with Gasteiger partial charge in [-0.1, -0.05) is 212 Å². The number of carbonyl (C=O) groups is 2. The summed E-state index contributed by atoms with van der Waals surface area (Å²) in [7, 11) is 0. The minimum absolute atomic E-state index is 0.257. The minimum Gasteiger partial charge on any atom is -0.478 e. The second-order valence-electron chi connectivity index (χ2n) is 20.0. The number of benzene rings is 10. The molecule has 83 heavy (non-hydrogen) atoms. The third kappa shape index (κ3) is 13.5. The van der Waals surface area contributed by atoms with Crippen LogP contribution in [0.15, 0.2) is 271 Å². The number of aliphatic carboxylic acids is 2. The fraction of sp³-hybridized carbons (Fsp3) is 0.0833. The van der Waals surface area contributed by atoms with Gasteiger partial charge in [0.25, 0.3) is 0 Å². The van der Waals surface area contributed by atoms with Gasteiger partial charge in [0.1, 0.15) is 34.2 Å². The van der Waals surface area contributed by atoms with Gasteiger partial charge in [-0.05, 0) is 140 Å². The number of carboxylic acid groups (broad SMARTS) is 2. The van der Waals surface area contributed by atoms with Gasteiger partial charge >= 0.3 is 11.9 Å². The number of hydrogen-bond acceptors (Lipinski definition) is 6. The van der Waals surface area contributed by atoms with Crippen LogP contribution in [0.3, 0.4) is 0 Å². The molecule has 0 aliphatic rings. The summed E-state index contributed by atoms with van der Waals surface area (Å²) in [5.41, 5.74) is 14.3. The summed E-state index contributed by atoms with van der Waals surface area (Å²) >= 11 is 10.8. The van der Waals surface area contributed by atoms with Crippen molar-refractivity contribution in [2.45, 2.75) is 37.9 Å². The Morgan fingerprint density at radius 3 is 1.14 bits per heavy atom. The van der Waals surface area contributed by atoms with Crippen LogP contribution in [0.2, 0.25) is 0 Å². The van der Waals surface area contributed by atoms with E-state index in [9.17, 15) is 19.8 Å². The van der Waals surface area contributed by atoms with Crippen molar-refractivity contribution in [3.05, 3.63) is 296 Å². The van der Waals surface area contributed by atoms with Crippen LogP contribution in [0, 0.1) is 0 Å². The Labute approximate surface area is 506 Å². The Kier molecular flexibility index (Phi) is 17.6. The lowest BCUT2D eigenvalue weighted by Gasteiger charge is -2.18. The van der Waals surface area contributed by atoms with Crippen LogP contribution in [-0.2, 0) is 35.3 Å². The van der Waals surface area contributed by atoms with E-state index in [1.807, 2.05) is 164 Å². The zero-order chi connectivity index (χ0) is 57.2. The maximum absolute atomic E-state index is 12.0. The second-order valence-corrected chi connectivity index (χ2v) is 22.5. The van der Waals surface area contributed by atoms with Crippen LogP contribution in [-0.4, -0.2) is 34.4 Å². The lowest BCUT2D eigenvalue weighted by atomic mass is 9.96. The molecule has 0 fully saturated rings. The van der Waals surface area contributed by atoms with E-state index in [1.165, 1.54) is 11.1 Å². The monoisotopic (exact) mass is 1280 g/mol. The highest BCUT2D eigenvalue weighted by molar-refractivity contribution is 9.11. The summed E-state index contributed by atoms with van der Waals surface area (Å²) < 4.78 is 26.6. The molecule has 2 aromatic heterocycles. The Hall–Kier alpha value is -8.74. The Balaban J connectivity index is 0.000000174. The van der Waals surface area contributed by atoms with E-state index in [0.717, 1.165) is 89.1 Å². The largest absolute Gasteiger partial charge is 0.478 e. The van der Waals surface area contributed by atoms with Crippen molar-refractivity contribution in [2.24, 2.45) is 0 Å². The van der Waals surface area contributed by atoms with E-state index in [2.05, 4.69) is 133 Å². The molecule has 0 saturated heterocycles. The number of hydrogen-bond donors (Lipinski definition) is 2. The van der Waals surface area contributed by atoms with Crippen LogP contribution in [0.4, 0.5) is 0 Å². The van der Waals surface area contributed by atoms with Gasteiger partial charge < -0.3 is 28.5 Å². The second kappa shape index (κ2) is 26.0. The Morgan fingerprint density at radius 2 is 0.723 bits per heavy atom. The van der Waals surface area contributed by atoms with Gasteiger partial charge in [0, 0.05) is 47.6 Å². The van der Waals surface area contributed by atoms with Crippen molar-refractivity contribution in [1.29, 1.82) is 0 Å². The number of furan rings is 2. The molecule has 12 aromatic rings. The molecule has 2 atom stereocenters. The maximum Gasteiger partial charge on any atom is 0.345 e. The lowest BCUT2D eigenvalue weighted by Crippen LogP contribution is -2.29. The Morgan fingerprint density at radius 1 is 0.373 bits per heavy atom. The molecule has 0 aliphatic heterocycles. The fourth-order valence-electron chi connectivity index (χ4n) is 10.2. The minimum atomic E-state index is -1.03. The number of para-hydroxylation sites is 2. The highest BCUT2D eigenvalue weighted by atomic mass is 79.9. The zero-order valence-electron chi connectivity index (χ0n) is 44.6. The van der Waals surface area contributed by atoms with Gasteiger partial charge in [0.15, 0.2) is 12.2 Å². The number of rotatable bonds is 18. The molecule has 10 aromatic carbocycles. The average Bonchev–Trinajstić information content (AvgIpc) is 3.48. The summed E-state index contributed by atoms with van der Waals surface area (Å²) in [6, 6.07) is 82.4. The van der Waals surface area contributed by atoms with E-state index in [4.69, 9.17) is 18.3 Å². The van der Waals surface area contributed by atoms with E-state index in [1.54, 1.807) is 0 Å². The van der Waals surface area contributed by atoms with Crippen LogP contribution in [0.25, 0.3) is 66.4 Å². The summed E-state index contributed by atoms with van der Waals surface area (Å²) in [5.74, 6) is 0.802. The molecular formula is C72H53Br3O8. The summed E-state index contributed by atoms with van der Waals surface area (Å²) in [6.45, 7) is 0. The van der Waals surface area contributed by atoms with Crippen molar-refractivity contribution in [1.82, 2.24) is 0 Å². The van der Waals surface area contributed by atoms with Crippen molar-refractivity contribution in [3.8, 4) is 56.0 Å². The first-order valence-electron chi connectivity index (χ1n) is 27.0. The highest BCUT2D eigenvalue weighted by Crippen LogP contribution is 2.42. The van der Waals surface area contributed by atoms with Gasteiger partial charge in [-0.25, -0.2) is 9.59 Å². The van der Waals surface area contributed by atoms with Crippen molar-refractivity contribution in [3.63, 3.8) is 0 Å². The number of carboxylic acids is 2. The van der Waals surface area contributed by atoms with E-state index >= 15 is 0 Å². The third-order valence-electron chi connectivity index (χ3n) is 14.3. The van der Waals surface area contributed by atoms with Crippen LogP contribution < -0.4 is 9.47 Å². The molecule has 410 valence electrons. The third-order valence-corrected chi connectivity index (χ3v) is 16.1. The standard InChI is InChI=1S/C36H26Br2O4.C36H27BrO4/c37-29-21-27(22-30(38)35(29)42-33(36(39)40)20-24-11-5-2-6-12-24)25-15-17-26(18-16-25)34-28-13-7-8-14-31(28)41-32(34)19-23-9-3-1-4-10-23;37-30-23-28(19-20-32(30)41-34(36(38)39)22-25-11-5-2-6-12-25)26-15-17-27(18-16-26)35-29-13-7-8-14-31(29)40-33(35)21-24-9-3-1-4-10-24/h1-18,21-22,33H,19-20H2,(H,39,40);1-20,23,34H,21-22H2,(H,38,39)/t33-;34-/m00/s1. The first-order valence-corrected chi connectivity index (χ1v) is 29.3. The summed E-state index contributed by atoms with van der Waals surface area (Å²) in [6.07, 6.45) is -0.0691. The zero-order valence-corrected chi connectivity index (χ0v) is 49.4. The quantitative estimate of drug-likeness (QED) is 0.0872. The summed E-state index contributed by atoms with van der Waals surface area (Å²) in [5, 5.41) is 21.8. The molecule has 8 nitrogen and oxygen atoms in total. The normalized spacial score (nSPS) is 11.8. The fourth-order valence-corrected chi connectivity index (χ4v) is 12.1. The van der Waals surface area contributed by atoms with Gasteiger partial charge in [-0.15, -0.1) is 0 Å². The molecule has 2 heterocycles. The van der Waals surface area contributed by atoms with Crippen molar-refractivity contribution >= 4 is 81.7 Å². The van der Waals surface area contributed by atoms with E-state index < -0.39 is 24.1 Å². The summed E-state index contributed by atoms with van der Waals surface area (Å²) in [4.78, 5) is 23.9. The molecule has 0 spiro atoms. The van der Waals surface area contributed by atoms with Crippen molar-refractivity contribution < 1.29 is 38.1 Å². The van der Waals surface area contributed by atoms with E-state index in [0.29, 0.717) is 37.8 Å². The molecular weight excluding hydrogens is 1230 g/mol. The van der Waals surface area contributed by atoms with Gasteiger partial charge in [0.05, 0.1) is 13.4 Å². The van der Waals surface area contributed by atoms with Crippen LogP contribution in [0.1, 0.15) is 33.8 Å². The molecule has 0 bridgehead atoms. The van der Waals surface area contributed by atoms with Crippen LogP contribution in [0.5, 0.6) is 11.5 Å². The van der Waals surface area contributed by atoms with Gasteiger partial charge in [0.2, 0.25) is 0 Å². The van der Waals surface area contributed by atoms with E-state index in [-0.39, 0.29) is 12.8 Å². The van der Waals surface area contributed by atoms with Crippen molar-refractivity contribution in [2.75, 3.05) is 0 Å². The van der Waals surface area contributed by atoms with Crippen LogP contribution >= 0.6 is 47.8 Å². The first kappa shape index (κ1) is 56.1. The molecule has 12 rings (SSSR count). The molecule has 2 N–H and O–H groups in total. The first-order chi connectivity index (χ1) is 40.5. The number of ether oxygens (including phenoxy) is 2. The van der Waals surface area contributed by atoms with Gasteiger partial charge in [-0.3, -0.25) is 0 Å². The molecule has 0 unspecified atom stereocenters. The number of halogens is 3. The molecule has 0 amide bonds.